The second-order valence-electron chi connectivity index (χ2n) is 10.6. The molecule has 0 radical (unpaired) electrons. The topological polar surface area (TPSA) is 51.1 Å². The highest BCUT2D eigenvalue weighted by atomic mass is 32.1. The molecular formula is C27H26N2O2S. The molecule has 0 saturated carbocycles. The molecule has 0 spiro atoms. The van der Waals surface area contributed by atoms with Crippen molar-refractivity contribution in [1.82, 2.24) is 9.88 Å². The van der Waals surface area contributed by atoms with Crippen molar-refractivity contribution in [2.75, 3.05) is 0 Å². The normalized spacial score (nSPS) is 18.9. The average molecular weight is 443 g/mol. The fraction of sp³-hybridized carbons (Fsp3) is 0.333. The molecule has 3 aromatic carbocycles. The first kappa shape index (κ1) is 19.9. The van der Waals surface area contributed by atoms with Crippen LogP contribution in [0.1, 0.15) is 46.6 Å². The minimum absolute atomic E-state index is 0.133. The second-order valence-corrected chi connectivity index (χ2v) is 11.6. The van der Waals surface area contributed by atoms with E-state index in [1.165, 1.54) is 4.70 Å². The number of piperidine rings is 1. The van der Waals surface area contributed by atoms with Gasteiger partial charge in [-0.15, -0.1) is 11.3 Å². The molecule has 4 nitrogen and oxygen atoms in total. The van der Waals surface area contributed by atoms with Gasteiger partial charge in [-0.3, -0.25) is 14.2 Å². The Labute approximate surface area is 189 Å². The zero-order valence-corrected chi connectivity index (χ0v) is 19.6. The van der Waals surface area contributed by atoms with E-state index in [-0.39, 0.29) is 28.2 Å². The Morgan fingerprint density at radius 1 is 0.750 bits per heavy atom. The molecule has 162 valence electrons. The first-order chi connectivity index (χ1) is 15.2. The second kappa shape index (κ2) is 6.40. The molecule has 0 bridgehead atoms. The van der Waals surface area contributed by atoms with E-state index in [0.717, 1.165) is 39.1 Å². The van der Waals surface area contributed by atoms with Gasteiger partial charge in [-0.25, -0.2) is 0 Å². The number of nitrogens with one attached hydrogen (secondary N) is 1. The summed E-state index contributed by atoms with van der Waals surface area (Å²) in [4.78, 5) is 27.6. The fourth-order valence-electron chi connectivity index (χ4n) is 6.16. The zero-order valence-electron chi connectivity index (χ0n) is 18.8. The van der Waals surface area contributed by atoms with Crippen LogP contribution in [0.5, 0.6) is 0 Å². The van der Waals surface area contributed by atoms with Crippen molar-refractivity contribution in [1.29, 1.82) is 0 Å². The summed E-state index contributed by atoms with van der Waals surface area (Å²) in [5.41, 5.74) is -0.628. The molecule has 0 aliphatic carbocycles. The minimum Gasteiger partial charge on any atom is -0.307 e. The number of aromatic nitrogens is 1. The number of rotatable bonds is 1. The lowest BCUT2D eigenvalue weighted by Crippen LogP contribution is -2.59. The van der Waals surface area contributed by atoms with Gasteiger partial charge in [0.05, 0.1) is 0 Å². The highest BCUT2D eigenvalue weighted by Crippen LogP contribution is 2.40. The van der Waals surface area contributed by atoms with Crippen molar-refractivity contribution in [3.05, 3.63) is 69.2 Å². The highest BCUT2D eigenvalue weighted by molar-refractivity contribution is 7.25. The summed E-state index contributed by atoms with van der Waals surface area (Å²) in [7, 11) is 0. The number of pyridine rings is 1. The molecule has 0 amide bonds. The Morgan fingerprint density at radius 3 is 2.03 bits per heavy atom. The van der Waals surface area contributed by atoms with Gasteiger partial charge < -0.3 is 5.32 Å². The van der Waals surface area contributed by atoms with E-state index in [2.05, 4.69) is 51.2 Å². The molecule has 1 aliphatic heterocycles. The van der Waals surface area contributed by atoms with E-state index >= 15 is 0 Å². The summed E-state index contributed by atoms with van der Waals surface area (Å²) in [6, 6.07) is 16.2. The van der Waals surface area contributed by atoms with E-state index in [0.29, 0.717) is 10.8 Å². The molecule has 1 fully saturated rings. The van der Waals surface area contributed by atoms with Crippen molar-refractivity contribution in [2.45, 2.75) is 57.7 Å². The minimum atomic E-state index is -0.159. The van der Waals surface area contributed by atoms with Crippen molar-refractivity contribution in [2.24, 2.45) is 0 Å². The van der Waals surface area contributed by atoms with E-state index in [9.17, 15) is 9.59 Å². The molecule has 3 heterocycles. The van der Waals surface area contributed by atoms with Gasteiger partial charge in [0.25, 0.3) is 11.1 Å². The quantitative estimate of drug-likeness (QED) is 0.264. The molecule has 1 aliphatic rings. The largest absolute Gasteiger partial charge is 0.307 e. The SMILES string of the molecule is CC1(C)CC(n2c(=O)c3ccc4sc5ccccc5c5ccc(c2=O)c3c45)CC(C)(C)N1. The van der Waals surface area contributed by atoms with E-state index in [1.54, 1.807) is 15.9 Å². The monoisotopic (exact) mass is 442 g/mol. The summed E-state index contributed by atoms with van der Waals surface area (Å²) < 4.78 is 3.86. The maximum Gasteiger partial charge on any atom is 0.261 e. The smallest absolute Gasteiger partial charge is 0.261 e. The summed E-state index contributed by atoms with van der Waals surface area (Å²) in [5, 5.41) is 9.08. The lowest BCUT2D eigenvalue weighted by Gasteiger charge is -2.46. The Hall–Kier alpha value is -2.76. The first-order valence-corrected chi connectivity index (χ1v) is 12.0. The van der Waals surface area contributed by atoms with Crippen LogP contribution in [0.25, 0.3) is 41.7 Å². The molecule has 5 aromatic rings. The summed E-state index contributed by atoms with van der Waals surface area (Å²) in [5.74, 6) is 0. The van der Waals surface area contributed by atoms with Gasteiger partial charge in [0, 0.05) is 48.1 Å². The summed E-state index contributed by atoms with van der Waals surface area (Å²) in [6.45, 7) is 8.59. The number of hydrogen-bond donors (Lipinski definition) is 1. The van der Waals surface area contributed by atoms with Crippen molar-refractivity contribution < 1.29 is 0 Å². The molecule has 1 N–H and O–H groups in total. The third-order valence-electron chi connectivity index (χ3n) is 6.95. The van der Waals surface area contributed by atoms with Crippen LogP contribution in [-0.4, -0.2) is 15.6 Å². The van der Waals surface area contributed by atoms with E-state index in [1.807, 2.05) is 30.3 Å². The third-order valence-corrected chi connectivity index (χ3v) is 8.09. The van der Waals surface area contributed by atoms with Crippen LogP contribution < -0.4 is 16.4 Å². The molecular weight excluding hydrogens is 416 g/mol. The zero-order chi connectivity index (χ0) is 22.4. The van der Waals surface area contributed by atoms with E-state index in [4.69, 9.17) is 0 Å². The number of fused-ring (bicyclic) bond motifs is 2. The fourth-order valence-corrected chi connectivity index (χ4v) is 7.28. The molecule has 32 heavy (non-hydrogen) atoms. The van der Waals surface area contributed by atoms with Crippen LogP contribution in [0, 0.1) is 0 Å². The van der Waals surface area contributed by atoms with Crippen LogP contribution in [0.3, 0.4) is 0 Å². The Bertz CT molecular complexity index is 1610. The lowest BCUT2D eigenvalue weighted by atomic mass is 9.79. The van der Waals surface area contributed by atoms with Gasteiger partial charge in [0.15, 0.2) is 0 Å². The lowest BCUT2D eigenvalue weighted by molar-refractivity contribution is 0.129. The third kappa shape index (κ3) is 2.77. The molecule has 2 aromatic heterocycles. The molecule has 0 unspecified atom stereocenters. The highest BCUT2D eigenvalue weighted by Gasteiger charge is 2.39. The average Bonchev–Trinajstić information content (AvgIpc) is 2.71. The van der Waals surface area contributed by atoms with Crippen LogP contribution in [0.15, 0.2) is 58.1 Å². The molecule has 0 atom stereocenters. The van der Waals surface area contributed by atoms with Crippen LogP contribution in [0.4, 0.5) is 0 Å². The molecule has 1 saturated heterocycles. The Morgan fingerprint density at radius 2 is 1.34 bits per heavy atom. The van der Waals surface area contributed by atoms with Crippen molar-refractivity contribution in [3.63, 3.8) is 0 Å². The molecule has 5 heteroatoms. The van der Waals surface area contributed by atoms with Gasteiger partial charge >= 0.3 is 0 Å². The van der Waals surface area contributed by atoms with Gasteiger partial charge in [-0.1, -0.05) is 24.3 Å². The van der Waals surface area contributed by atoms with Gasteiger partial charge in [-0.05, 0) is 75.6 Å². The Kier molecular flexibility index (Phi) is 3.98. The summed E-state index contributed by atoms with van der Waals surface area (Å²) >= 11 is 1.71. The van der Waals surface area contributed by atoms with Crippen molar-refractivity contribution in [3.8, 4) is 0 Å². The van der Waals surface area contributed by atoms with Crippen LogP contribution in [-0.2, 0) is 0 Å². The maximum atomic E-state index is 13.8. The van der Waals surface area contributed by atoms with Gasteiger partial charge in [-0.2, -0.15) is 0 Å². The van der Waals surface area contributed by atoms with Gasteiger partial charge in [0.1, 0.15) is 0 Å². The van der Waals surface area contributed by atoms with Crippen molar-refractivity contribution >= 4 is 53.1 Å². The molecule has 6 rings (SSSR count). The number of nitrogens with zero attached hydrogens (tertiary/aromatic N) is 1. The van der Waals surface area contributed by atoms with Crippen LogP contribution >= 0.6 is 11.3 Å². The predicted molar refractivity (Wildman–Crippen MR) is 136 cm³/mol. The summed E-state index contributed by atoms with van der Waals surface area (Å²) in [6.07, 6.45) is 1.48. The number of benzene rings is 3. The maximum absolute atomic E-state index is 13.8. The predicted octanol–water partition coefficient (Wildman–Crippen LogP) is 5.80. The van der Waals surface area contributed by atoms with Gasteiger partial charge in [0.2, 0.25) is 0 Å². The number of hydrogen-bond acceptors (Lipinski definition) is 4. The standard InChI is InChI=1S/C27H26N2O2S/c1-26(2)13-15(14-27(3,4)28-26)29-24(30)18-10-9-17-16-7-5-6-8-20(16)32-21-12-11-19(25(29)31)22(18)23(17)21/h5-12,15,28H,13-14H2,1-4H3. The first-order valence-electron chi connectivity index (χ1n) is 11.2. The van der Waals surface area contributed by atoms with E-state index < -0.39 is 0 Å². The van der Waals surface area contributed by atoms with Crippen LogP contribution in [0.2, 0.25) is 0 Å². The Balaban J connectivity index is 1.72.